The molecule has 0 aliphatic carbocycles. The molecule has 0 fully saturated rings. The van der Waals surface area contributed by atoms with E-state index in [1.165, 1.54) is 24.3 Å². The van der Waals surface area contributed by atoms with Crippen LogP contribution < -0.4 is 0 Å². The van der Waals surface area contributed by atoms with E-state index < -0.39 is 21.8 Å². The van der Waals surface area contributed by atoms with Crippen LogP contribution in [0.3, 0.4) is 0 Å². The monoisotopic (exact) mass is 415 g/mol. The predicted octanol–water partition coefficient (Wildman–Crippen LogP) is 4.32. The lowest BCUT2D eigenvalue weighted by Crippen LogP contribution is -2.08. The fourth-order valence-electron chi connectivity index (χ4n) is 2.43. The van der Waals surface area contributed by atoms with Crippen molar-refractivity contribution in [3.63, 3.8) is 0 Å². The second-order valence-corrected chi connectivity index (χ2v) is 8.34. The molecule has 0 radical (unpaired) electrons. The van der Waals surface area contributed by atoms with Gasteiger partial charge in [-0.2, -0.15) is 13.2 Å². The highest BCUT2D eigenvalue weighted by Crippen LogP contribution is 2.33. The van der Waals surface area contributed by atoms with Crippen LogP contribution in [0.4, 0.5) is 13.2 Å². The fraction of sp³-hybridized carbons (Fsp3) is 0.176. The Bertz CT molecular complexity index is 1110. The van der Waals surface area contributed by atoms with E-state index in [9.17, 15) is 21.6 Å². The Balaban J connectivity index is 2.23. The SMILES string of the molecule is Cc1ccc(Cl)c(-c2nc(C(F)(F)F)nn2-c2ccc(S(C)(=O)=O)cc2)c1. The van der Waals surface area contributed by atoms with Crippen LogP contribution in [0.1, 0.15) is 11.4 Å². The molecule has 3 rings (SSSR count). The fourth-order valence-corrected chi connectivity index (χ4v) is 3.26. The molecule has 0 saturated heterocycles. The molecule has 27 heavy (non-hydrogen) atoms. The van der Waals surface area contributed by atoms with Gasteiger partial charge in [0.1, 0.15) is 0 Å². The summed E-state index contributed by atoms with van der Waals surface area (Å²) < 4.78 is 63.7. The third-order valence-electron chi connectivity index (χ3n) is 3.73. The van der Waals surface area contributed by atoms with Crippen molar-refractivity contribution in [2.75, 3.05) is 6.26 Å². The molecule has 0 unspecified atom stereocenters. The van der Waals surface area contributed by atoms with Crippen molar-refractivity contribution in [1.29, 1.82) is 0 Å². The first-order chi connectivity index (χ1) is 12.5. The Morgan fingerprint density at radius 1 is 1.07 bits per heavy atom. The van der Waals surface area contributed by atoms with Crippen molar-refractivity contribution < 1.29 is 21.6 Å². The van der Waals surface area contributed by atoms with Crippen molar-refractivity contribution in [1.82, 2.24) is 14.8 Å². The molecule has 1 aromatic heterocycles. The van der Waals surface area contributed by atoms with Crippen molar-refractivity contribution in [2.45, 2.75) is 18.0 Å². The zero-order valence-corrected chi connectivity index (χ0v) is 15.7. The molecule has 0 amide bonds. The van der Waals surface area contributed by atoms with Gasteiger partial charge in [0.05, 0.1) is 15.6 Å². The van der Waals surface area contributed by atoms with Gasteiger partial charge in [-0.3, -0.25) is 0 Å². The first-order valence-corrected chi connectivity index (χ1v) is 9.85. The number of hydrogen-bond donors (Lipinski definition) is 0. The first-order valence-electron chi connectivity index (χ1n) is 7.58. The molecule has 0 spiro atoms. The van der Waals surface area contributed by atoms with Gasteiger partial charge in [-0.25, -0.2) is 18.1 Å². The summed E-state index contributed by atoms with van der Waals surface area (Å²) in [5.41, 5.74) is 1.29. The highest BCUT2D eigenvalue weighted by Gasteiger charge is 2.37. The molecule has 10 heteroatoms. The van der Waals surface area contributed by atoms with E-state index in [1.807, 2.05) is 0 Å². The summed E-state index contributed by atoms with van der Waals surface area (Å²) in [4.78, 5) is 3.66. The minimum atomic E-state index is -4.75. The molecule has 0 bridgehead atoms. The molecule has 142 valence electrons. The molecular weight excluding hydrogens is 403 g/mol. The molecule has 0 atom stereocenters. The third-order valence-corrected chi connectivity index (χ3v) is 5.19. The van der Waals surface area contributed by atoms with E-state index in [0.29, 0.717) is 0 Å². The number of hydrogen-bond acceptors (Lipinski definition) is 4. The maximum absolute atomic E-state index is 13.2. The van der Waals surface area contributed by atoms with Crippen LogP contribution in [0.15, 0.2) is 47.4 Å². The Morgan fingerprint density at radius 3 is 2.26 bits per heavy atom. The number of aryl methyl sites for hydroxylation is 1. The molecule has 1 heterocycles. The quantitative estimate of drug-likeness (QED) is 0.639. The van der Waals surface area contributed by atoms with Crippen molar-refractivity contribution >= 4 is 21.4 Å². The van der Waals surface area contributed by atoms with Crippen LogP contribution >= 0.6 is 11.6 Å². The van der Waals surface area contributed by atoms with E-state index in [1.54, 1.807) is 25.1 Å². The van der Waals surface area contributed by atoms with Gasteiger partial charge in [0.25, 0.3) is 5.82 Å². The minimum Gasteiger partial charge on any atom is -0.224 e. The number of nitrogens with zero attached hydrogens (tertiary/aromatic N) is 3. The number of aromatic nitrogens is 3. The maximum atomic E-state index is 13.2. The number of alkyl halides is 3. The molecular formula is C17H13ClF3N3O2S. The van der Waals surface area contributed by atoms with Gasteiger partial charge in [-0.15, -0.1) is 5.10 Å². The molecule has 5 nitrogen and oxygen atoms in total. The summed E-state index contributed by atoms with van der Waals surface area (Å²) in [5.74, 6) is -1.41. The largest absolute Gasteiger partial charge is 0.453 e. The lowest BCUT2D eigenvalue weighted by molar-refractivity contribution is -0.144. The summed E-state index contributed by atoms with van der Waals surface area (Å²) in [6, 6.07) is 10.2. The van der Waals surface area contributed by atoms with Crippen molar-refractivity contribution in [3.05, 3.63) is 58.9 Å². The van der Waals surface area contributed by atoms with Crippen LogP contribution in [0.5, 0.6) is 0 Å². The molecule has 0 aliphatic rings. The van der Waals surface area contributed by atoms with Gasteiger partial charge in [-0.1, -0.05) is 23.2 Å². The average molecular weight is 416 g/mol. The first kappa shape index (κ1) is 19.4. The van der Waals surface area contributed by atoms with Gasteiger partial charge in [-0.05, 0) is 43.3 Å². The number of rotatable bonds is 3. The van der Waals surface area contributed by atoms with Crippen molar-refractivity contribution in [2.24, 2.45) is 0 Å². The maximum Gasteiger partial charge on any atom is 0.453 e. The second-order valence-electron chi connectivity index (χ2n) is 5.92. The van der Waals surface area contributed by atoms with Crippen LogP contribution in [-0.2, 0) is 16.0 Å². The Kier molecular flexibility index (Phi) is 4.77. The lowest BCUT2D eigenvalue weighted by atomic mass is 10.1. The van der Waals surface area contributed by atoms with Crippen LogP contribution in [0.2, 0.25) is 5.02 Å². The highest BCUT2D eigenvalue weighted by molar-refractivity contribution is 7.90. The van der Waals surface area contributed by atoms with Crippen LogP contribution in [-0.4, -0.2) is 29.4 Å². The van der Waals surface area contributed by atoms with Crippen LogP contribution in [0, 0.1) is 6.92 Å². The summed E-state index contributed by atoms with van der Waals surface area (Å²) >= 11 is 6.16. The topological polar surface area (TPSA) is 64.8 Å². The molecule has 3 aromatic rings. The van der Waals surface area contributed by atoms with Gasteiger partial charge in [0, 0.05) is 11.8 Å². The standard InChI is InChI=1S/C17H13ClF3N3O2S/c1-10-3-8-14(18)13(9-10)15-22-16(17(19,20)21)23-24(15)11-4-6-12(7-5-11)27(2,25)26/h3-9H,1-2H3. The Labute approximate surface area is 158 Å². The average Bonchev–Trinajstić information content (AvgIpc) is 3.02. The number of halogens is 4. The van der Waals surface area contributed by atoms with E-state index in [0.717, 1.165) is 16.5 Å². The van der Waals surface area contributed by atoms with E-state index in [2.05, 4.69) is 10.1 Å². The predicted molar refractivity (Wildman–Crippen MR) is 94.7 cm³/mol. The van der Waals surface area contributed by atoms with Gasteiger partial charge >= 0.3 is 6.18 Å². The van der Waals surface area contributed by atoms with Gasteiger partial charge < -0.3 is 0 Å². The Morgan fingerprint density at radius 2 is 1.70 bits per heavy atom. The third kappa shape index (κ3) is 3.98. The normalized spacial score (nSPS) is 12.4. The second kappa shape index (κ2) is 6.65. The molecule has 2 aromatic carbocycles. The molecule has 0 aliphatic heterocycles. The van der Waals surface area contributed by atoms with E-state index >= 15 is 0 Å². The Hall–Kier alpha value is -2.39. The zero-order valence-electron chi connectivity index (χ0n) is 14.1. The lowest BCUT2D eigenvalue weighted by Gasteiger charge is -2.09. The van der Waals surface area contributed by atoms with Gasteiger partial charge in [0.2, 0.25) is 0 Å². The van der Waals surface area contributed by atoms with E-state index in [-0.39, 0.29) is 27.0 Å². The summed E-state index contributed by atoms with van der Waals surface area (Å²) in [6.45, 7) is 1.77. The zero-order chi connectivity index (χ0) is 20.0. The summed E-state index contributed by atoms with van der Waals surface area (Å²) in [5, 5.41) is 3.78. The van der Waals surface area contributed by atoms with E-state index in [4.69, 9.17) is 11.6 Å². The molecule has 0 N–H and O–H groups in total. The minimum absolute atomic E-state index is 0.0394. The number of benzene rings is 2. The smallest absolute Gasteiger partial charge is 0.224 e. The summed E-state index contributed by atoms with van der Waals surface area (Å²) in [7, 11) is -3.44. The van der Waals surface area contributed by atoms with Crippen molar-refractivity contribution in [3.8, 4) is 17.1 Å². The highest BCUT2D eigenvalue weighted by atomic mass is 35.5. The number of sulfone groups is 1. The molecule has 0 saturated carbocycles. The summed E-state index contributed by atoms with van der Waals surface area (Å²) in [6.07, 6.45) is -3.71. The van der Waals surface area contributed by atoms with Gasteiger partial charge in [0.15, 0.2) is 15.7 Å². The van der Waals surface area contributed by atoms with Crippen LogP contribution in [0.25, 0.3) is 17.1 Å².